The smallest absolute Gasteiger partial charge is 0.0644 e. The Kier molecular flexibility index (Phi) is 2.71. The molecule has 5 unspecified atom stereocenters. The lowest BCUT2D eigenvalue weighted by Gasteiger charge is -2.32. The van der Waals surface area contributed by atoms with Gasteiger partial charge in [0.15, 0.2) is 0 Å². The third kappa shape index (κ3) is 1.81. The van der Waals surface area contributed by atoms with E-state index in [0.717, 1.165) is 38.9 Å². The molecule has 0 aromatic rings. The van der Waals surface area contributed by atoms with E-state index in [4.69, 9.17) is 9.47 Å². The molecule has 3 heteroatoms. The van der Waals surface area contributed by atoms with Crippen molar-refractivity contribution in [1.82, 2.24) is 0 Å². The molecule has 1 N–H and O–H groups in total. The predicted octanol–water partition coefficient (Wildman–Crippen LogP) is 1.34. The highest BCUT2D eigenvalue weighted by atomic mass is 16.5. The zero-order valence-electron chi connectivity index (χ0n) is 9.10. The SMILES string of the molecule is OC(C1CCCOC1)C1CC2CCC1O2. The predicted molar refractivity (Wildman–Crippen MR) is 55.6 cm³/mol. The standard InChI is InChI=1S/C12H20O3/c13-12(8-2-1-5-14-7-8)10-6-9-3-4-11(10)15-9/h8-13H,1-7H2. The van der Waals surface area contributed by atoms with Gasteiger partial charge in [-0.2, -0.15) is 0 Å². The average molecular weight is 212 g/mol. The lowest BCUT2D eigenvalue weighted by atomic mass is 9.79. The number of rotatable bonds is 2. The summed E-state index contributed by atoms with van der Waals surface area (Å²) in [6.45, 7) is 1.62. The zero-order valence-corrected chi connectivity index (χ0v) is 9.10. The molecule has 0 spiro atoms. The molecule has 0 aliphatic carbocycles. The highest BCUT2D eigenvalue weighted by Crippen LogP contribution is 2.42. The topological polar surface area (TPSA) is 38.7 Å². The van der Waals surface area contributed by atoms with Gasteiger partial charge in [0, 0.05) is 18.4 Å². The summed E-state index contributed by atoms with van der Waals surface area (Å²) in [5.41, 5.74) is 0. The Hall–Kier alpha value is -0.120. The van der Waals surface area contributed by atoms with Crippen LogP contribution >= 0.6 is 0 Å². The first-order valence-corrected chi connectivity index (χ1v) is 6.26. The van der Waals surface area contributed by atoms with Gasteiger partial charge in [-0.3, -0.25) is 0 Å². The van der Waals surface area contributed by atoms with E-state index >= 15 is 0 Å². The molecule has 3 aliphatic rings. The van der Waals surface area contributed by atoms with Crippen LogP contribution in [0.25, 0.3) is 0 Å². The second-order valence-electron chi connectivity index (χ2n) is 5.24. The molecule has 3 fully saturated rings. The zero-order chi connectivity index (χ0) is 10.3. The summed E-state index contributed by atoms with van der Waals surface area (Å²) in [4.78, 5) is 0. The number of ether oxygens (including phenoxy) is 2. The summed E-state index contributed by atoms with van der Waals surface area (Å²) in [5, 5.41) is 10.3. The maximum Gasteiger partial charge on any atom is 0.0644 e. The van der Waals surface area contributed by atoms with Crippen molar-refractivity contribution in [3.63, 3.8) is 0 Å². The molecule has 15 heavy (non-hydrogen) atoms. The van der Waals surface area contributed by atoms with Crippen molar-refractivity contribution in [1.29, 1.82) is 0 Å². The summed E-state index contributed by atoms with van der Waals surface area (Å²) in [6.07, 6.45) is 6.24. The number of hydrogen-bond acceptors (Lipinski definition) is 3. The van der Waals surface area contributed by atoms with Gasteiger partial charge in [-0.1, -0.05) is 0 Å². The minimum absolute atomic E-state index is 0.194. The maximum absolute atomic E-state index is 10.3. The first kappa shape index (κ1) is 10.1. The fourth-order valence-electron chi connectivity index (χ4n) is 3.42. The lowest BCUT2D eigenvalue weighted by molar-refractivity contribution is -0.0467. The highest BCUT2D eigenvalue weighted by molar-refractivity contribution is 4.94. The fraction of sp³-hybridized carbons (Fsp3) is 1.00. The second-order valence-corrected chi connectivity index (χ2v) is 5.24. The normalized spacial score (nSPS) is 47.0. The summed E-state index contributed by atoms with van der Waals surface area (Å²) < 4.78 is 11.2. The number of fused-ring (bicyclic) bond motifs is 2. The minimum Gasteiger partial charge on any atom is -0.392 e. The van der Waals surface area contributed by atoms with Gasteiger partial charge in [0.2, 0.25) is 0 Å². The van der Waals surface area contributed by atoms with E-state index in [9.17, 15) is 5.11 Å². The van der Waals surface area contributed by atoms with Gasteiger partial charge in [-0.15, -0.1) is 0 Å². The quantitative estimate of drug-likeness (QED) is 0.750. The molecule has 0 radical (unpaired) electrons. The Bertz CT molecular complexity index is 225. The van der Waals surface area contributed by atoms with E-state index in [0.29, 0.717) is 24.0 Å². The Balaban J connectivity index is 1.61. The van der Waals surface area contributed by atoms with Crippen molar-refractivity contribution >= 4 is 0 Å². The van der Waals surface area contributed by atoms with Gasteiger partial charge in [-0.05, 0) is 32.1 Å². The molecular formula is C12H20O3. The van der Waals surface area contributed by atoms with Crippen molar-refractivity contribution in [3.8, 4) is 0 Å². The van der Waals surface area contributed by atoms with Crippen LogP contribution in [0.15, 0.2) is 0 Å². The molecule has 86 valence electrons. The van der Waals surface area contributed by atoms with Crippen molar-refractivity contribution in [2.45, 2.75) is 50.4 Å². The van der Waals surface area contributed by atoms with Crippen LogP contribution in [-0.4, -0.2) is 36.6 Å². The monoisotopic (exact) mass is 212 g/mol. The molecule has 3 heterocycles. The van der Waals surface area contributed by atoms with Crippen molar-refractivity contribution < 1.29 is 14.6 Å². The van der Waals surface area contributed by atoms with Gasteiger partial charge >= 0.3 is 0 Å². The Morgan fingerprint density at radius 1 is 1.20 bits per heavy atom. The number of aliphatic hydroxyl groups is 1. The van der Waals surface area contributed by atoms with Crippen LogP contribution in [-0.2, 0) is 9.47 Å². The third-order valence-corrected chi connectivity index (χ3v) is 4.27. The van der Waals surface area contributed by atoms with Crippen LogP contribution in [0, 0.1) is 11.8 Å². The molecule has 3 saturated heterocycles. The summed E-state index contributed by atoms with van der Waals surface area (Å²) in [6, 6.07) is 0. The van der Waals surface area contributed by atoms with E-state index in [1.54, 1.807) is 0 Å². The number of aliphatic hydroxyl groups excluding tert-OH is 1. The van der Waals surface area contributed by atoms with Crippen molar-refractivity contribution in [2.24, 2.45) is 11.8 Å². The summed E-state index contributed by atoms with van der Waals surface area (Å²) in [7, 11) is 0. The Morgan fingerprint density at radius 3 is 2.73 bits per heavy atom. The van der Waals surface area contributed by atoms with E-state index in [1.165, 1.54) is 6.42 Å². The molecule has 0 saturated carbocycles. The maximum atomic E-state index is 10.3. The fourth-order valence-corrected chi connectivity index (χ4v) is 3.42. The highest BCUT2D eigenvalue weighted by Gasteiger charge is 2.45. The molecule has 3 aliphatic heterocycles. The van der Waals surface area contributed by atoms with Crippen LogP contribution in [0.5, 0.6) is 0 Å². The lowest BCUT2D eigenvalue weighted by Crippen LogP contribution is -2.38. The van der Waals surface area contributed by atoms with Crippen LogP contribution < -0.4 is 0 Å². The molecule has 3 rings (SSSR count). The summed E-state index contributed by atoms with van der Waals surface area (Å²) >= 11 is 0. The summed E-state index contributed by atoms with van der Waals surface area (Å²) in [5.74, 6) is 0.738. The largest absolute Gasteiger partial charge is 0.392 e. The van der Waals surface area contributed by atoms with E-state index in [1.807, 2.05) is 0 Å². The van der Waals surface area contributed by atoms with Crippen LogP contribution in [0.2, 0.25) is 0 Å². The van der Waals surface area contributed by atoms with Gasteiger partial charge < -0.3 is 14.6 Å². The van der Waals surface area contributed by atoms with E-state index < -0.39 is 0 Å². The molecule has 0 aromatic carbocycles. The second kappa shape index (κ2) is 4.04. The average Bonchev–Trinajstić information content (AvgIpc) is 2.91. The van der Waals surface area contributed by atoms with Gasteiger partial charge in [-0.25, -0.2) is 0 Å². The molecule has 5 atom stereocenters. The van der Waals surface area contributed by atoms with Crippen LogP contribution in [0.1, 0.15) is 32.1 Å². The molecule has 3 nitrogen and oxygen atoms in total. The first-order valence-electron chi connectivity index (χ1n) is 6.26. The van der Waals surface area contributed by atoms with Gasteiger partial charge in [0.1, 0.15) is 0 Å². The third-order valence-electron chi connectivity index (χ3n) is 4.27. The van der Waals surface area contributed by atoms with Crippen LogP contribution in [0.4, 0.5) is 0 Å². The Labute approximate surface area is 90.8 Å². The molecule has 0 aromatic heterocycles. The molecule has 2 bridgehead atoms. The van der Waals surface area contributed by atoms with Crippen molar-refractivity contribution in [2.75, 3.05) is 13.2 Å². The van der Waals surface area contributed by atoms with Gasteiger partial charge in [0.25, 0.3) is 0 Å². The number of hydrogen-bond donors (Lipinski definition) is 1. The molecule has 0 amide bonds. The van der Waals surface area contributed by atoms with Crippen LogP contribution in [0.3, 0.4) is 0 Å². The molecular weight excluding hydrogens is 192 g/mol. The minimum atomic E-state index is -0.194. The van der Waals surface area contributed by atoms with E-state index in [-0.39, 0.29) is 6.10 Å². The van der Waals surface area contributed by atoms with E-state index in [2.05, 4.69) is 0 Å². The Morgan fingerprint density at radius 2 is 2.13 bits per heavy atom. The van der Waals surface area contributed by atoms with Crippen molar-refractivity contribution in [3.05, 3.63) is 0 Å². The first-order chi connectivity index (χ1) is 7.34. The van der Waals surface area contributed by atoms with Gasteiger partial charge in [0.05, 0.1) is 24.9 Å².